The lowest BCUT2D eigenvalue weighted by molar-refractivity contribution is -0.118. The molecule has 0 bridgehead atoms. The van der Waals surface area contributed by atoms with Crippen LogP contribution < -0.4 is 15.8 Å². The molecule has 7 heteroatoms. The molecule has 3 N–H and O–H groups in total. The first-order valence-electron chi connectivity index (χ1n) is 6.30. The van der Waals surface area contributed by atoms with Crippen LogP contribution in [0.4, 0.5) is 11.4 Å². The van der Waals surface area contributed by atoms with Gasteiger partial charge in [0.05, 0.1) is 15.7 Å². The third-order valence-corrected chi connectivity index (χ3v) is 3.72. The molecule has 0 spiro atoms. The molecule has 1 amide bonds. The number of carbonyl (C=O) groups is 1. The summed E-state index contributed by atoms with van der Waals surface area (Å²) in [6.45, 7) is 1.70. The van der Waals surface area contributed by atoms with Crippen LogP contribution in [0, 0.1) is 6.92 Å². The molecule has 0 aromatic heterocycles. The minimum Gasteiger partial charge on any atom is -0.483 e. The van der Waals surface area contributed by atoms with Crippen LogP contribution in [0.25, 0.3) is 0 Å². The number of rotatable bonds is 4. The van der Waals surface area contributed by atoms with Crippen molar-refractivity contribution in [3.05, 3.63) is 51.0 Å². The number of anilines is 2. The highest BCUT2D eigenvalue weighted by molar-refractivity contribution is 6.39. The fourth-order valence-corrected chi connectivity index (χ4v) is 2.49. The van der Waals surface area contributed by atoms with E-state index in [1.165, 1.54) is 12.1 Å². The van der Waals surface area contributed by atoms with Gasteiger partial charge in [-0.15, -0.1) is 0 Å². The van der Waals surface area contributed by atoms with E-state index in [1.807, 2.05) is 6.92 Å². The maximum atomic E-state index is 11.9. The number of hydrogen-bond acceptors (Lipinski definition) is 3. The lowest BCUT2D eigenvalue weighted by Gasteiger charge is -2.11. The summed E-state index contributed by atoms with van der Waals surface area (Å²) in [5, 5.41) is 3.80. The quantitative estimate of drug-likeness (QED) is 0.787. The average molecular weight is 360 g/mol. The van der Waals surface area contributed by atoms with Gasteiger partial charge in [0.25, 0.3) is 5.91 Å². The van der Waals surface area contributed by atoms with Crippen LogP contribution in [0.3, 0.4) is 0 Å². The van der Waals surface area contributed by atoms with Crippen molar-refractivity contribution in [3.63, 3.8) is 0 Å². The maximum absolute atomic E-state index is 11.9. The van der Waals surface area contributed by atoms with E-state index in [1.54, 1.807) is 18.2 Å². The number of aryl methyl sites for hydroxylation is 1. The topological polar surface area (TPSA) is 64.3 Å². The third-order valence-electron chi connectivity index (χ3n) is 2.86. The number of ether oxygens (including phenoxy) is 1. The second kappa shape index (κ2) is 7.09. The molecule has 0 unspecified atom stereocenters. The molecule has 0 aliphatic rings. The number of halogens is 3. The number of benzene rings is 2. The zero-order valence-electron chi connectivity index (χ0n) is 11.6. The molecule has 22 heavy (non-hydrogen) atoms. The minimum absolute atomic E-state index is 0.151. The second-order valence-electron chi connectivity index (χ2n) is 4.60. The second-order valence-corrected chi connectivity index (χ2v) is 5.85. The van der Waals surface area contributed by atoms with Gasteiger partial charge in [-0.05, 0) is 42.8 Å². The van der Waals surface area contributed by atoms with E-state index >= 15 is 0 Å². The van der Waals surface area contributed by atoms with Gasteiger partial charge >= 0.3 is 0 Å². The Labute approximate surface area is 143 Å². The number of amides is 1. The molecule has 0 heterocycles. The van der Waals surface area contributed by atoms with Gasteiger partial charge in [0, 0.05) is 10.7 Å². The third kappa shape index (κ3) is 4.19. The summed E-state index contributed by atoms with van der Waals surface area (Å²) in [7, 11) is 0. The summed E-state index contributed by atoms with van der Waals surface area (Å²) in [6.07, 6.45) is 0. The summed E-state index contributed by atoms with van der Waals surface area (Å²) >= 11 is 17.7. The highest BCUT2D eigenvalue weighted by Gasteiger charge is 2.09. The van der Waals surface area contributed by atoms with Gasteiger partial charge in [-0.1, -0.05) is 34.8 Å². The van der Waals surface area contributed by atoms with Gasteiger partial charge in [0.2, 0.25) is 0 Å². The molecule has 116 valence electrons. The predicted octanol–water partition coefficient (Wildman–Crippen LogP) is 4.55. The molecular formula is C15H13Cl3N2O2. The predicted molar refractivity (Wildman–Crippen MR) is 91.2 cm³/mol. The van der Waals surface area contributed by atoms with Crippen molar-refractivity contribution in [2.45, 2.75) is 6.92 Å². The van der Waals surface area contributed by atoms with Crippen LogP contribution in [0.15, 0.2) is 30.3 Å². The molecule has 0 saturated carbocycles. The Morgan fingerprint density at radius 3 is 2.41 bits per heavy atom. The molecule has 2 aromatic carbocycles. The van der Waals surface area contributed by atoms with Crippen molar-refractivity contribution in [1.29, 1.82) is 0 Å². The van der Waals surface area contributed by atoms with Crippen molar-refractivity contribution < 1.29 is 9.53 Å². The van der Waals surface area contributed by atoms with Crippen LogP contribution >= 0.6 is 34.8 Å². The molecule has 2 rings (SSSR count). The van der Waals surface area contributed by atoms with E-state index in [0.29, 0.717) is 16.5 Å². The first kappa shape index (κ1) is 16.7. The van der Waals surface area contributed by atoms with Crippen molar-refractivity contribution in [2.24, 2.45) is 0 Å². The first-order valence-corrected chi connectivity index (χ1v) is 7.43. The Kier molecular flexibility index (Phi) is 5.40. The first-order chi connectivity index (χ1) is 10.4. The summed E-state index contributed by atoms with van der Waals surface area (Å²) in [5.74, 6) is 0.249. The van der Waals surface area contributed by atoms with Crippen molar-refractivity contribution in [1.82, 2.24) is 0 Å². The summed E-state index contributed by atoms with van der Waals surface area (Å²) in [6, 6.07) is 8.21. The zero-order valence-corrected chi connectivity index (χ0v) is 13.9. The van der Waals surface area contributed by atoms with Gasteiger partial charge in [-0.25, -0.2) is 0 Å². The van der Waals surface area contributed by atoms with E-state index < -0.39 is 0 Å². The number of hydrogen-bond donors (Lipinski definition) is 2. The van der Waals surface area contributed by atoms with Crippen LogP contribution in [-0.2, 0) is 4.79 Å². The lowest BCUT2D eigenvalue weighted by Crippen LogP contribution is -2.20. The summed E-state index contributed by atoms with van der Waals surface area (Å²) < 4.78 is 5.45. The van der Waals surface area contributed by atoms with Crippen molar-refractivity contribution in [2.75, 3.05) is 17.7 Å². The fraction of sp³-hybridized carbons (Fsp3) is 0.133. The maximum Gasteiger partial charge on any atom is 0.262 e. The Morgan fingerprint density at radius 2 is 1.82 bits per heavy atom. The van der Waals surface area contributed by atoms with E-state index in [4.69, 9.17) is 45.3 Å². The van der Waals surface area contributed by atoms with Crippen LogP contribution in [0.1, 0.15) is 5.56 Å². The molecule has 2 aromatic rings. The molecule has 0 fully saturated rings. The smallest absolute Gasteiger partial charge is 0.262 e. The van der Waals surface area contributed by atoms with Gasteiger partial charge < -0.3 is 15.8 Å². The molecule has 0 aliphatic heterocycles. The zero-order chi connectivity index (χ0) is 16.3. The van der Waals surface area contributed by atoms with Gasteiger partial charge in [-0.3, -0.25) is 4.79 Å². The van der Waals surface area contributed by atoms with E-state index in [0.717, 1.165) is 5.56 Å². The Bertz CT molecular complexity index is 697. The normalized spacial score (nSPS) is 10.4. The van der Waals surface area contributed by atoms with E-state index in [2.05, 4.69) is 5.32 Å². The van der Waals surface area contributed by atoms with Crippen molar-refractivity contribution in [3.8, 4) is 5.75 Å². The van der Waals surface area contributed by atoms with E-state index in [-0.39, 0.29) is 28.2 Å². The fourth-order valence-electron chi connectivity index (χ4n) is 1.77. The van der Waals surface area contributed by atoms with Crippen LogP contribution in [-0.4, -0.2) is 12.5 Å². The number of nitrogens with two attached hydrogens (primary N) is 1. The lowest BCUT2D eigenvalue weighted by atomic mass is 10.2. The van der Waals surface area contributed by atoms with Gasteiger partial charge in [0.15, 0.2) is 6.61 Å². The van der Waals surface area contributed by atoms with Gasteiger partial charge in [0.1, 0.15) is 5.75 Å². The minimum atomic E-state index is -0.341. The molecule has 0 saturated heterocycles. The largest absolute Gasteiger partial charge is 0.483 e. The average Bonchev–Trinajstić information content (AvgIpc) is 2.43. The summed E-state index contributed by atoms with van der Waals surface area (Å²) in [5.41, 5.74) is 7.20. The molecule has 4 nitrogen and oxygen atoms in total. The van der Waals surface area contributed by atoms with Crippen LogP contribution in [0.2, 0.25) is 15.1 Å². The summed E-state index contributed by atoms with van der Waals surface area (Å²) in [4.78, 5) is 11.9. The standard InChI is InChI=1S/C15H13Cl3N2O2/c1-8-4-9(16)2-3-13(8)22-7-14(21)20-10-5-11(17)15(19)12(18)6-10/h2-6H,7,19H2,1H3,(H,20,21). The number of nitrogen functional groups attached to an aromatic ring is 1. The Morgan fingerprint density at radius 1 is 1.18 bits per heavy atom. The molecular weight excluding hydrogens is 347 g/mol. The Balaban J connectivity index is 1.99. The van der Waals surface area contributed by atoms with E-state index in [9.17, 15) is 4.79 Å². The van der Waals surface area contributed by atoms with Crippen molar-refractivity contribution >= 4 is 52.1 Å². The SMILES string of the molecule is Cc1cc(Cl)ccc1OCC(=O)Nc1cc(Cl)c(N)c(Cl)c1. The Hall–Kier alpha value is -1.62. The number of carbonyl (C=O) groups excluding carboxylic acids is 1. The highest BCUT2D eigenvalue weighted by Crippen LogP contribution is 2.31. The molecule has 0 aliphatic carbocycles. The monoisotopic (exact) mass is 358 g/mol. The highest BCUT2D eigenvalue weighted by atomic mass is 35.5. The number of nitrogens with one attached hydrogen (secondary N) is 1. The van der Waals surface area contributed by atoms with Crippen LogP contribution in [0.5, 0.6) is 5.75 Å². The van der Waals surface area contributed by atoms with Gasteiger partial charge in [-0.2, -0.15) is 0 Å². The molecule has 0 radical (unpaired) electrons. The molecule has 0 atom stereocenters.